The molecule has 0 aliphatic carbocycles. The lowest BCUT2D eigenvalue weighted by atomic mass is 10.0. The number of halogens is 1. The topological polar surface area (TPSA) is 54.5 Å². The highest BCUT2D eigenvalue weighted by Gasteiger charge is 2.31. The zero-order valence-corrected chi connectivity index (χ0v) is 15.5. The first-order valence-corrected chi connectivity index (χ1v) is 8.95. The van der Waals surface area contributed by atoms with Crippen LogP contribution in [0.2, 0.25) is 5.02 Å². The molecule has 0 saturated heterocycles. The maximum absolute atomic E-state index is 12.8. The van der Waals surface area contributed by atoms with Crippen molar-refractivity contribution in [3.05, 3.63) is 88.7 Å². The van der Waals surface area contributed by atoms with Gasteiger partial charge >= 0.3 is 0 Å². The molecule has 0 spiro atoms. The van der Waals surface area contributed by atoms with Crippen molar-refractivity contribution in [1.29, 1.82) is 0 Å². The van der Waals surface area contributed by atoms with Crippen molar-refractivity contribution in [3.63, 3.8) is 0 Å². The molecule has 0 radical (unpaired) electrons. The second-order valence-corrected chi connectivity index (χ2v) is 6.78. The summed E-state index contributed by atoms with van der Waals surface area (Å²) in [6, 6.07) is 16.7. The minimum absolute atomic E-state index is 0.0486. The number of nitrogens with one attached hydrogen (secondary N) is 1. The van der Waals surface area contributed by atoms with Gasteiger partial charge in [0, 0.05) is 41.3 Å². The molecule has 1 atom stereocenters. The smallest absolute Gasteiger partial charge is 0.257 e. The monoisotopic (exact) mass is 379 g/mol. The lowest BCUT2D eigenvalue weighted by Gasteiger charge is -2.36. The molecule has 0 saturated carbocycles. The van der Waals surface area contributed by atoms with E-state index in [0.29, 0.717) is 22.9 Å². The number of para-hydroxylation sites is 1. The second kappa shape index (κ2) is 7.29. The fourth-order valence-corrected chi connectivity index (χ4v) is 3.32. The van der Waals surface area contributed by atoms with Crippen LogP contribution in [0.3, 0.4) is 0 Å². The van der Waals surface area contributed by atoms with E-state index in [2.05, 4.69) is 10.3 Å². The molecule has 1 aliphatic heterocycles. The Morgan fingerprint density at radius 3 is 2.85 bits per heavy atom. The average Bonchev–Trinajstić information content (AvgIpc) is 2.70. The summed E-state index contributed by atoms with van der Waals surface area (Å²) in [4.78, 5) is 18.5. The van der Waals surface area contributed by atoms with E-state index in [1.54, 1.807) is 30.4 Å². The number of fused-ring (bicyclic) bond motifs is 1. The molecule has 4 rings (SSSR count). The Balaban J connectivity index is 1.67. The van der Waals surface area contributed by atoms with Gasteiger partial charge < -0.3 is 15.0 Å². The Morgan fingerprint density at radius 2 is 2.04 bits per heavy atom. The van der Waals surface area contributed by atoms with Crippen LogP contribution in [0.25, 0.3) is 0 Å². The Bertz CT molecular complexity index is 978. The molecule has 0 bridgehead atoms. The summed E-state index contributed by atoms with van der Waals surface area (Å²) in [5.41, 5.74) is 3.21. The zero-order valence-electron chi connectivity index (χ0n) is 14.7. The van der Waals surface area contributed by atoms with E-state index in [9.17, 15) is 4.79 Å². The van der Waals surface area contributed by atoms with Crippen LogP contribution in [0.1, 0.15) is 27.7 Å². The number of hydrogen-bond donors (Lipinski definition) is 1. The zero-order chi connectivity index (χ0) is 18.8. The van der Waals surface area contributed by atoms with Crippen LogP contribution in [0.4, 0.5) is 5.69 Å². The van der Waals surface area contributed by atoms with Gasteiger partial charge in [-0.3, -0.25) is 9.78 Å². The highest BCUT2D eigenvalue weighted by atomic mass is 35.5. The van der Waals surface area contributed by atoms with Gasteiger partial charge in [0.15, 0.2) is 0 Å². The van der Waals surface area contributed by atoms with E-state index in [0.717, 1.165) is 16.8 Å². The van der Waals surface area contributed by atoms with Crippen LogP contribution in [0.15, 0.2) is 67.0 Å². The Labute approximate surface area is 162 Å². The highest BCUT2D eigenvalue weighted by molar-refractivity contribution is 6.30. The third kappa shape index (κ3) is 3.46. The van der Waals surface area contributed by atoms with Crippen LogP contribution in [-0.2, 0) is 6.61 Å². The number of pyridine rings is 1. The normalized spacial score (nSPS) is 15.9. The van der Waals surface area contributed by atoms with E-state index >= 15 is 0 Å². The number of nitrogens with zero attached hydrogens (tertiary/aromatic N) is 2. The fraction of sp³-hybridized carbons (Fsp3) is 0.143. The molecule has 5 nitrogen and oxygen atoms in total. The fourth-order valence-electron chi connectivity index (χ4n) is 3.14. The molecule has 1 amide bonds. The first kappa shape index (κ1) is 17.4. The van der Waals surface area contributed by atoms with E-state index < -0.39 is 0 Å². The van der Waals surface area contributed by atoms with Gasteiger partial charge in [0.2, 0.25) is 0 Å². The van der Waals surface area contributed by atoms with Crippen molar-refractivity contribution in [2.45, 2.75) is 12.8 Å². The summed E-state index contributed by atoms with van der Waals surface area (Å²) in [6.07, 6.45) is 3.11. The van der Waals surface area contributed by atoms with E-state index in [1.807, 2.05) is 48.5 Å². The van der Waals surface area contributed by atoms with Crippen molar-refractivity contribution >= 4 is 23.2 Å². The number of amides is 1. The van der Waals surface area contributed by atoms with E-state index in [4.69, 9.17) is 16.3 Å². The van der Waals surface area contributed by atoms with Gasteiger partial charge in [0.05, 0.1) is 5.56 Å². The molecule has 0 fully saturated rings. The average molecular weight is 380 g/mol. The molecule has 136 valence electrons. The molecule has 1 unspecified atom stereocenters. The summed E-state index contributed by atoms with van der Waals surface area (Å²) in [7, 11) is 1.77. The molecular formula is C21H18ClN3O2. The van der Waals surface area contributed by atoms with Gasteiger partial charge in [-0.1, -0.05) is 29.8 Å². The molecule has 6 heteroatoms. The summed E-state index contributed by atoms with van der Waals surface area (Å²) in [5.74, 6) is 0.618. The lowest BCUT2D eigenvalue weighted by Crippen LogP contribution is -2.40. The number of anilines is 1. The number of carbonyl (C=O) groups excluding carboxylic acids is 1. The third-order valence-corrected chi connectivity index (χ3v) is 4.78. The van der Waals surface area contributed by atoms with E-state index in [-0.39, 0.29) is 12.1 Å². The summed E-state index contributed by atoms with van der Waals surface area (Å²) >= 11 is 6.24. The highest BCUT2D eigenvalue weighted by Crippen LogP contribution is 2.37. The van der Waals surface area contributed by atoms with Gasteiger partial charge in [-0.2, -0.15) is 0 Å². The van der Waals surface area contributed by atoms with Gasteiger partial charge in [-0.15, -0.1) is 0 Å². The summed E-state index contributed by atoms with van der Waals surface area (Å²) in [5, 5.41) is 4.00. The summed E-state index contributed by atoms with van der Waals surface area (Å²) < 4.78 is 6.03. The van der Waals surface area contributed by atoms with Crippen LogP contribution in [0.5, 0.6) is 5.75 Å². The molecule has 2 aromatic carbocycles. The van der Waals surface area contributed by atoms with Gasteiger partial charge in [-0.05, 0) is 36.4 Å². The van der Waals surface area contributed by atoms with Crippen LogP contribution < -0.4 is 10.1 Å². The third-order valence-electron chi connectivity index (χ3n) is 4.54. The van der Waals surface area contributed by atoms with Crippen LogP contribution in [0, 0.1) is 0 Å². The van der Waals surface area contributed by atoms with Crippen LogP contribution >= 0.6 is 11.6 Å². The number of benzene rings is 2. The predicted molar refractivity (Wildman–Crippen MR) is 105 cm³/mol. The van der Waals surface area contributed by atoms with Crippen molar-refractivity contribution in [3.8, 4) is 5.75 Å². The Kier molecular flexibility index (Phi) is 4.69. The van der Waals surface area contributed by atoms with Gasteiger partial charge in [0.1, 0.15) is 18.5 Å². The molecule has 2 heterocycles. The molecular weight excluding hydrogens is 362 g/mol. The van der Waals surface area contributed by atoms with Gasteiger partial charge in [0.25, 0.3) is 5.91 Å². The summed E-state index contributed by atoms with van der Waals surface area (Å²) in [6.45, 7) is 0.378. The maximum atomic E-state index is 12.8. The Hall–Kier alpha value is -3.05. The van der Waals surface area contributed by atoms with Crippen molar-refractivity contribution in [2.75, 3.05) is 12.4 Å². The number of ether oxygens (including phenoxy) is 1. The van der Waals surface area contributed by atoms with Crippen molar-refractivity contribution in [1.82, 2.24) is 9.88 Å². The largest absolute Gasteiger partial charge is 0.488 e. The SMILES string of the molecule is CN1C(=O)c2ccccc2NC1c1cc(Cl)ccc1OCc1cccnc1. The van der Waals surface area contributed by atoms with E-state index in [1.165, 1.54) is 0 Å². The van der Waals surface area contributed by atoms with Crippen LogP contribution in [-0.4, -0.2) is 22.8 Å². The molecule has 3 aromatic rings. The number of aromatic nitrogens is 1. The second-order valence-electron chi connectivity index (χ2n) is 6.34. The first-order valence-electron chi connectivity index (χ1n) is 8.57. The number of rotatable bonds is 4. The minimum atomic E-state index is -0.380. The lowest BCUT2D eigenvalue weighted by molar-refractivity contribution is 0.0733. The molecule has 1 aliphatic rings. The predicted octanol–water partition coefficient (Wildman–Crippen LogP) is 4.51. The first-order chi connectivity index (χ1) is 13.1. The van der Waals surface area contributed by atoms with Crippen molar-refractivity contribution < 1.29 is 9.53 Å². The van der Waals surface area contributed by atoms with Crippen molar-refractivity contribution in [2.24, 2.45) is 0 Å². The maximum Gasteiger partial charge on any atom is 0.257 e. The molecule has 1 N–H and O–H groups in total. The molecule has 27 heavy (non-hydrogen) atoms. The number of carbonyl (C=O) groups is 1. The quantitative estimate of drug-likeness (QED) is 0.724. The Morgan fingerprint density at radius 1 is 1.19 bits per heavy atom. The standard InChI is InChI=1S/C21H18ClN3O2/c1-25-20(24-18-7-3-2-6-16(18)21(25)26)17-11-15(22)8-9-19(17)27-13-14-5-4-10-23-12-14/h2-12,20,24H,13H2,1H3. The molecule has 1 aromatic heterocycles. The number of hydrogen-bond acceptors (Lipinski definition) is 4. The minimum Gasteiger partial charge on any atom is -0.488 e. The van der Waals surface area contributed by atoms with Gasteiger partial charge in [-0.25, -0.2) is 0 Å².